The van der Waals surface area contributed by atoms with Crippen molar-refractivity contribution in [1.82, 2.24) is 0 Å². The van der Waals surface area contributed by atoms with Crippen LogP contribution in [-0.2, 0) is 12.6 Å². The molecule has 2 rings (SSSR count). The fraction of sp³-hybridized carbons (Fsp3) is 0.125. The van der Waals surface area contributed by atoms with Gasteiger partial charge in [-0.25, -0.2) is 0 Å². The largest absolute Gasteiger partial charge is 0.416 e. The van der Waals surface area contributed by atoms with Gasteiger partial charge in [-0.3, -0.25) is 0 Å². The molecule has 0 saturated heterocycles. The lowest BCUT2D eigenvalue weighted by Crippen LogP contribution is -2.04. The van der Waals surface area contributed by atoms with Crippen molar-refractivity contribution in [3.8, 4) is 23.5 Å². The van der Waals surface area contributed by atoms with Gasteiger partial charge in [0.1, 0.15) is 0 Å². The third kappa shape index (κ3) is 2.97. The van der Waals surface area contributed by atoms with Crippen molar-refractivity contribution >= 4 is 0 Å². The first-order valence-corrected chi connectivity index (χ1v) is 5.71. The van der Waals surface area contributed by atoms with Gasteiger partial charge in [0, 0.05) is 6.42 Å². The first-order chi connectivity index (χ1) is 9.02. The predicted molar refractivity (Wildman–Crippen MR) is 69.4 cm³/mol. The van der Waals surface area contributed by atoms with E-state index in [9.17, 15) is 13.2 Å². The average Bonchev–Trinajstić information content (AvgIpc) is 2.39. The summed E-state index contributed by atoms with van der Waals surface area (Å²) in [7, 11) is 0. The van der Waals surface area contributed by atoms with Crippen LogP contribution in [0.1, 0.15) is 11.1 Å². The van der Waals surface area contributed by atoms with Gasteiger partial charge >= 0.3 is 6.18 Å². The maximum absolute atomic E-state index is 12.5. The van der Waals surface area contributed by atoms with E-state index in [1.165, 1.54) is 12.1 Å². The Hall–Kier alpha value is -2.21. The fourth-order valence-corrected chi connectivity index (χ4v) is 1.90. The van der Waals surface area contributed by atoms with Crippen LogP contribution in [0.25, 0.3) is 11.1 Å². The molecule has 0 bridgehead atoms. The Morgan fingerprint density at radius 2 is 1.58 bits per heavy atom. The molecular formula is C16H11F3. The van der Waals surface area contributed by atoms with E-state index < -0.39 is 11.7 Å². The van der Waals surface area contributed by atoms with Gasteiger partial charge in [-0.1, -0.05) is 36.4 Å². The van der Waals surface area contributed by atoms with Gasteiger partial charge in [-0.2, -0.15) is 13.2 Å². The molecule has 0 nitrogen and oxygen atoms in total. The van der Waals surface area contributed by atoms with E-state index in [0.29, 0.717) is 6.42 Å². The summed E-state index contributed by atoms with van der Waals surface area (Å²) >= 11 is 0. The second-order valence-corrected chi connectivity index (χ2v) is 4.11. The first kappa shape index (κ1) is 13.2. The van der Waals surface area contributed by atoms with Crippen LogP contribution < -0.4 is 0 Å². The maximum atomic E-state index is 12.5. The summed E-state index contributed by atoms with van der Waals surface area (Å²) in [6, 6.07) is 12.6. The smallest absolute Gasteiger partial charge is 0.166 e. The van der Waals surface area contributed by atoms with Gasteiger partial charge < -0.3 is 0 Å². The Bertz CT molecular complexity index is 601. The van der Waals surface area contributed by atoms with Crippen LogP contribution in [-0.4, -0.2) is 0 Å². The molecule has 0 spiro atoms. The molecule has 19 heavy (non-hydrogen) atoms. The molecule has 0 saturated carbocycles. The van der Waals surface area contributed by atoms with Crippen LogP contribution in [0.15, 0.2) is 48.5 Å². The number of alkyl halides is 3. The molecule has 96 valence electrons. The average molecular weight is 260 g/mol. The highest BCUT2D eigenvalue weighted by Gasteiger charge is 2.29. The molecule has 2 aromatic carbocycles. The SMILES string of the molecule is C#CCc1ccccc1-c1ccc(C(F)(F)F)cc1. The minimum Gasteiger partial charge on any atom is -0.166 e. The molecule has 0 amide bonds. The molecule has 0 radical (unpaired) electrons. The minimum absolute atomic E-state index is 0.456. The van der Waals surface area contributed by atoms with E-state index >= 15 is 0 Å². The summed E-state index contributed by atoms with van der Waals surface area (Å²) in [6.07, 6.45) is 1.44. The van der Waals surface area contributed by atoms with Gasteiger partial charge in [0.25, 0.3) is 0 Å². The maximum Gasteiger partial charge on any atom is 0.416 e. The summed E-state index contributed by atoms with van der Waals surface area (Å²) in [6.45, 7) is 0. The fourth-order valence-electron chi connectivity index (χ4n) is 1.90. The van der Waals surface area contributed by atoms with Gasteiger partial charge in [0.2, 0.25) is 0 Å². The summed E-state index contributed by atoms with van der Waals surface area (Å²) < 4.78 is 37.5. The third-order valence-electron chi connectivity index (χ3n) is 2.83. The van der Waals surface area contributed by atoms with Gasteiger partial charge in [0.15, 0.2) is 0 Å². The number of hydrogen-bond acceptors (Lipinski definition) is 0. The number of hydrogen-bond donors (Lipinski definition) is 0. The summed E-state index contributed by atoms with van der Waals surface area (Å²) in [5, 5.41) is 0. The number of halogens is 3. The molecular weight excluding hydrogens is 249 g/mol. The van der Waals surface area contributed by atoms with Crippen molar-refractivity contribution in [2.45, 2.75) is 12.6 Å². The van der Waals surface area contributed by atoms with Crippen LogP contribution in [0.3, 0.4) is 0 Å². The minimum atomic E-state index is -4.31. The number of terminal acetylenes is 1. The zero-order valence-corrected chi connectivity index (χ0v) is 10.0. The Kier molecular flexibility index (Phi) is 3.62. The lowest BCUT2D eigenvalue weighted by molar-refractivity contribution is -0.137. The Labute approximate surface area is 109 Å². The van der Waals surface area contributed by atoms with Crippen molar-refractivity contribution in [1.29, 1.82) is 0 Å². The molecule has 0 unspecified atom stereocenters. The van der Waals surface area contributed by atoms with E-state index in [1.54, 1.807) is 0 Å². The van der Waals surface area contributed by atoms with Crippen molar-refractivity contribution in [3.05, 3.63) is 59.7 Å². The van der Waals surface area contributed by atoms with Crippen molar-refractivity contribution < 1.29 is 13.2 Å². The zero-order chi connectivity index (χ0) is 13.9. The molecule has 3 heteroatoms. The Balaban J connectivity index is 2.41. The van der Waals surface area contributed by atoms with Crippen LogP contribution in [0.5, 0.6) is 0 Å². The highest BCUT2D eigenvalue weighted by atomic mass is 19.4. The molecule has 0 aliphatic heterocycles. The van der Waals surface area contributed by atoms with E-state index in [-0.39, 0.29) is 0 Å². The predicted octanol–water partition coefficient (Wildman–Crippen LogP) is 4.55. The monoisotopic (exact) mass is 260 g/mol. The van der Waals surface area contributed by atoms with Crippen molar-refractivity contribution in [2.75, 3.05) is 0 Å². The Morgan fingerprint density at radius 1 is 0.947 bits per heavy atom. The summed E-state index contributed by atoms with van der Waals surface area (Å²) in [4.78, 5) is 0. The highest BCUT2D eigenvalue weighted by molar-refractivity contribution is 5.68. The molecule has 0 aliphatic carbocycles. The van der Waals surface area contributed by atoms with Crippen LogP contribution in [0.2, 0.25) is 0 Å². The van der Waals surface area contributed by atoms with Crippen LogP contribution >= 0.6 is 0 Å². The van der Waals surface area contributed by atoms with Crippen LogP contribution in [0.4, 0.5) is 13.2 Å². The number of rotatable bonds is 2. The zero-order valence-electron chi connectivity index (χ0n) is 10.0. The topological polar surface area (TPSA) is 0 Å². The van der Waals surface area contributed by atoms with Gasteiger partial charge in [-0.05, 0) is 28.8 Å². The van der Waals surface area contributed by atoms with Gasteiger partial charge in [-0.15, -0.1) is 12.3 Å². The Morgan fingerprint density at radius 3 is 2.16 bits per heavy atom. The molecule has 0 aliphatic rings. The van der Waals surface area contributed by atoms with Crippen molar-refractivity contribution in [2.24, 2.45) is 0 Å². The quantitative estimate of drug-likeness (QED) is 0.695. The molecule has 0 aromatic heterocycles. The highest BCUT2D eigenvalue weighted by Crippen LogP contribution is 2.31. The third-order valence-corrected chi connectivity index (χ3v) is 2.83. The summed E-state index contributed by atoms with van der Waals surface area (Å²) in [5.41, 5.74) is 1.89. The first-order valence-electron chi connectivity index (χ1n) is 5.71. The molecule has 2 aromatic rings. The normalized spacial score (nSPS) is 11.1. The molecule has 0 N–H and O–H groups in total. The lowest BCUT2D eigenvalue weighted by Gasteiger charge is -2.10. The van der Waals surface area contributed by atoms with E-state index in [2.05, 4.69) is 5.92 Å². The second-order valence-electron chi connectivity index (χ2n) is 4.11. The van der Waals surface area contributed by atoms with E-state index in [0.717, 1.165) is 28.8 Å². The van der Waals surface area contributed by atoms with Crippen molar-refractivity contribution in [3.63, 3.8) is 0 Å². The lowest BCUT2D eigenvalue weighted by atomic mass is 9.97. The van der Waals surface area contributed by atoms with E-state index in [1.807, 2.05) is 24.3 Å². The van der Waals surface area contributed by atoms with Crippen LogP contribution in [0, 0.1) is 12.3 Å². The summed E-state index contributed by atoms with van der Waals surface area (Å²) in [5.74, 6) is 2.55. The number of benzene rings is 2. The van der Waals surface area contributed by atoms with Gasteiger partial charge in [0.05, 0.1) is 5.56 Å². The molecule has 0 fully saturated rings. The molecule has 0 atom stereocenters. The van der Waals surface area contributed by atoms with E-state index in [4.69, 9.17) is 6.42 Å². The molecule has 0 heterocycles. The second kappa shape index (κ2) is 5.19. The standard InChI is InChI=1S/C16H11F3/c1-2-5-12-6-3-4-7-15(12)13-8-10-14(11-9-13)16(17,18)19/h1,3-4,6-11H,5H2.